The van der Waals surface area contributed by atoms with Crippen LogP contribution in [0.25, 0.3) is 66.1 Å². The molecule has 0 spiro atoms. The Bertz CT molecular complexity index is 4020. The second kappa shape index (κ2) is 15.9. The van der Waals surface area contributed by atoms with Crippen LogP contribution in [0.2, 0.25) is 0 Å². The topological polar surface area (TPSA) is 9.86 Å². The van der Waals surface area contributed by atoms with Gasteiger partial charge >= 0.3 is 0 Å². The summed E-state index contributed by atoms with van der Waals surface area (Å²) in [7, 11) is -3.13. The molecule has 0 N–H and O–H groups in total. The lowest BCUT2D eigenvalue weighted by Gasteiger charge is -2.49. The third-order valence-electron chi connectivity index (χ3n) is 15.3. The predicted octanol–water partition coefficient (Wildman–Crippen LogP) is 13.6. The van der Waals surface area contributed by atoms with Gasteiger partial charge in [-0.05, 0) is 78.9 Å². The Balaban J connectivity index is 1.12. The van der Waals surface area contributed by atoms with Crippen molar-refractivity contribution in [1.82, 2.24) is 9.13 Å². The predicted molar refractivity (Wildman–Crippen MR) is 296 cm³/mol. The molecule has 3 heteroatoms. The molecule has 328 valence electrons. The number of rotatable bonds is 7. The highest BCUT2D eigenvalue weighted by atomic mass is 28.3. The van der Waals surface area contributed by atoms with Gasteiger partial charge in [0, 0.05) is 27.1 Å². The second-order valence-electron chi connectivity index (χ2n) is 18.7. The monoisotopic (exact) mass is 906 g/mol. The van der Waals surface area contributed by atoms with Crippen LogP contribution in [0.15, 0.2) is 279 Å². The molecule has 14 rings (SSSR count). The summed E-state index contributed by atoms with van der Waals surface area (Å²) in [6.45, 7) is 0. The molecule has 0 aliphatic carbocycles. The number of benzene rings is 11. The minimum Gasteiger partial charge on any atom is -0.307 e. The number of para-hydroxylation sites is 4. The summed E-state index contributed by atoms with van der Waals surface area (Å²) in [5.41, 5.74) is 14.1. The summed E-state index contributed by atoms with van der Waals surface area (Å²) in [5.74, 6) is 0. The zero-order valence-electron chi connectivity index (χ0n) is 38.5. The molecule has 70 heavy (non-hydrogen) atoms. The zero-order valence-corrected chi connectivity index (χ0v) is 39.5. The van der Waals surface area contributed by atoms with Gasteiger partial charge in [-0.15, -0.1) is 0 Å². The van der Waals surface area contributed by atoms with E-state index in [-0.39, 0.29) is 0 Å². The molecule has 0 fully saturated rings. The Labute approximate surface area is 408 Å². The third-order valence-corrected chi connectivity index (χ3v) is 20.2. The van der Waals surface area contributed by atoms with E-state index in [2.05, 4.69) is 288 Å². The highest BCUT2D eigenvalue weighted by Crippen LogP contribution is 2.48. The smallest absolute Gasteiger partial charge is 0.180 e. The molecule has 3 heterocycles. The summed E-state index contributed by atoms with van der Waals surface area (Å²) in [6.07, 6.45) is 0. The van der Waals surface area contributed by atoms with Crippen LogP contribution in [0.5, 0.6) is 0 Å². The Morgan fingerprint density at radius 2 is 0.771 bits per heavy atom. The molecule has 1 aliphatic rings. The van der Waals surface area contributed by atoms with E-state index in [0.717, 1.165) is 11.4 Å². The molecule has 2 nitrogen and oxygen atoms in total. The van der Waals surface area contributed by atoms with Crippen molar-refractivity contribution in [2.75, 3.05) is 0 Å². The Kier molecular flexibility index (Phi) is 9.17. The van der Waals surface area contributed by atoms with Crippen molar-refractivity contribution >= 4 is 72.4 Å². The van der Waals surface area contributed by atoms with E-state index >= 15 is 0 Å². The highest BCUT2D eigenvalue weighted by molar-refractivity contribution is 7.20. The minimum atomic E-state index is -3.13. The molecule has 0 bridgehead atoms. The molecule has 0 radical (unpaired) electrons. The lowest BCUT2D eigenvalue weighted by atomic mass is 9.65. The van der Waals surface area contributed by atoms with Gasteiger partial charge in [0.1, 0.15) is 0 Å². The maximum atomic E-state index is 2.59. The molecule has 0 unspecified atom stereocenters. The first-order valence-electron chi connectivity index (χ1n) is 24.4. The Hall–Kier alpha value is -8.76. The molecule has 0 saturated heterocycles. The molecule has 0 amide bonds. The van der Waals surface area contributed by atoms with Crippen LogP contribution in [-0.2, 0) is 5.41 Å². The molecule has 13 aromatic rings. The van der Waals surface area contributed by atoms with Crippen molar-refractivity contribution < 1.29 is 0 Å². The van der Waals surface area contributed by atoms with Gasteiger partial charge < -0.3 is 9.13 Å². The SMILES string of the molecule is c1ccc(-c2ccccc2-n2c3ccccc3c3cccc(-n4c5ccccc5c5ccc([Si]6(c7ccccc7)c7ccccc7C(c7ccccc7)(c7ccccc7)c7ccccc76)cc54)c32)cc1. The van der Waals surface area contributed by atoms with E-state index in [9.17, 15) is 0 Å². The van der Waals surface area contributed by atoms with E-state index in [0.29, 0.717) is 0 Å². The quantitative estimate of drug-likeness (QED) is 0.141. The van der Waals surface area contributed by atoms with Gasteiger partial charge in [-0.2, -0.15) is 0 Å². The lowest BCUT2D eigenvalue weighted by Crippen LogP contribution is -2.79. The van der Waals surface area contributed by atoms with E-state index in [1.165, 1.54) is 97.7 Å². The fourth-order valence-corrected chi connectivity index (χ4v) is 17.9. The first-order valence-corrected chi connectivity index (χ1v) is 26.4. The van der Waals surface area contributed by atoms with Crippen molar-refractivity contribution in [2.45, 2.75) is 5.41 Å². The second-order valence-corrected chi connectivity index (χ2v) is 22.4. The first kappa shape index (κ1) is 40.3. The molecule has 2 aromatic heterocycles. The van der Waals surface area contributed by atoms with Gasteiger partial charge in [0.25, 0.3) is 0 Å². The van der Waals surface area contributed by atoms with Crippen LogP contribution in [0.4, 0.5) is 0 Å². The normalized spacial score (nSPS) is 13.7. The fourth-order valence-electron chi connectivity index (χ4n) is 12.6. The van der Waals surface area contributed by atoms with E-state index in [1.807, 2.05) is 0 Å². The average Bonchev–Trinajstić information content (AvgIpc) is 3.96. The lowest BCUT2D eigenvalue weighted by molar-refractivity contribution is 0.750. The van der Waals surface area contributed by atoms with Crippen LogP contribution in [-0.4, -0.2) is 17.2 Å². The Morgan fingerprint density at radius 1 is 0.300 bits per heavy atom. The number of fused-ring (bicyclic) bond motifs is 8. The zero-order chi connectivity index (χ0) is 46.2. The van der Waals surface area contributed by atoms with Crippen LogP contribution in [0, 0.1) is 0 Å². The van der Waals surface area contributed by atoms with Crippen molar-refractivity contribution in [3.05, 3.63) is 301 Å². The van der Waals surface area contributed by atoms with Gasteiger partial charge in [0.2, 0.25) is 0 Å². The fraction of sp³-hybridized carbons (Fsp3) is 0.0149. The van der Waals surface area contributed by atoms with E-state index in [4.69, 9.17) is 0 Å². The summed E-state index contributed by atoms with van der Waals surface area (Å²) >= 11 is 0. The third kappa shape index (κ3) is 5.61. The van der Waals surface area contributed by atoms with Gasteiger partial charge in [-0.1, -0.05) is 249 Å². The van der Waals surface area contributed by atoms with E-state index < -0.39 is 13.5 Å². The van der Waals surface area contributed by atoms with Crippen molar-refractivity contribution in [3.63, 3.8) is 0 Å². The largest absolute Gasteiger partial charge is 0.307 e. The molecule has 0 saturated carbocycles. The number of hydrogen-bond acceptors (Lipinski definition) is 0. The number of nitrogens with zero attached hydrogens (tertiary/aromatic N) is 2. The summed E-state index contributed by atoms with van der Waals surface area (Å²) in [6, 6.07) is 105. The van der Waals surface area contributed by atoms with Crippen LogP contribution in [0.1, 0.15) is 22.3 Å². The molecule has 0 atom stereocenters. The van der Waals surface area contributed by atoms with Crippen LogP contribution >= 0.6 is 0 Å². The number of hydrogen-bond donors (Lipinski definition) is 0. The minimum absolute atomic E-state index is 0.556. The maximum absolute atomic E-state index is 3.13. The highest BCUT2D eigenvalue weighted by Gasteiger charge is 2.55. The van der Waals surface area contributed by atoms with Gasteiger partial charge in [0.05, 0.1) is 38.9 Å². The molecular weight excluding hydrogens is 861 g/mol. The summed E-state index contributed by atoms with van der Waals surface area (Å²) in [5, 5.41) is 10.5. The maximum Gasteiger partial charge on any atom is 0.180 e. The van der Waals surface area contributed by atoms with Gasteiger partial charge in [-0.25, -0.2) is 0 Å². The summed E-state index contributed by atoms with van der Waals surface area (Å²) < 4.78 is 5.09. The number of aromatic nitrogens is 2. The van der Waals surface area contributed by atoms with Gasteiger partial charge in [0.15, 0.2) is 8.07 Å². The van der Waals surface area contributed by atoms with Gasteiger partial charge in [-0.3, -0.25) is 0 Å². The molecule has 1 aliphatic heterocycles. The Morgan fingerprint density at radius 3 is 1.43 bits per heavy atom. The van der Waals surface area contributed by atoms with Crippen molar-refractivity contribution in [1.29, 1.82) is 0 Å². The average molecular weight is 907 g/mol. The van der Waals surface area contributed by atoms with Crippen molar-refractivity contribution in [2.24, 2.45) is 0 Å². The van der Waals surface area contributed by atoms with Crippen LogP contribution < -0.4 is 20.7 Å². The molecular formula is C67H46N2Si. The summed E-state index contributed by atoms with van der Waals surface area (Å²) in [4.78, 5) is 0. The van der Waals surface area contributed by atoms with Crippen molar-refractivity contribution in [3.8, 4) is 22.5 Å². The molecule has 11 aromatic carbocycles. The first-order chi connectivity index (χ1) is 34.8. The standard InChI is InChI=1S/C67H46N2Si/c1-5-24-47(25-6-1)52-32-13-18-38-59(52)69-61-40-20-15-34-54(61)56-35-23-41-62(66(56)69)68-60-39-19-14-33-53(60)55-45-44-51(46-63(55)68)70(50-30-11-4-12-31-50)64-42-21-16-36-57(64)67(48-26-7-2-8-27-48,49-28-9-3-10-29-49)58-37-17-22-43-65(58)70/h1-46H. The van der Waals surface area contributed by atoms with Crippen LogP contribution in [0.3, 0.4) is 0 Å². The van der Waals surface area contributed by atoms with E-state index in [1.54, 1.807) is 0 Å².